The lowest BCUT2D eigenvalue weighted by Gasteiger charge is -2.26. The highest BCUT2D eigenvalue weighted by molar-refractivity contribution is 5.13. The van der Waals surface area contributed by atoms with E-state index >= 15 is 0 Å². The number of aliphatic hydroxyl groups is 1. The van der Waals surface area contributed by atoms with Gasteiger partial charge >= 0.3 is 0 Å². The van der Waals surface area contributed by atoms with E-state index in [0.717, 1.165) is 19.3 Å². The van der Waals surface area contributed by atoms with Crippen LogP contribution in [0.25, 0.3) is 0 Å². The van der Waals surface area contributed by atoms with E-state index in [1.54, 1.807) is 4.68 Å². The molecular formula is C10H16N2O. The zero-order valence-corrected chi connectivity index (χ0v) is 7.98. The highest BCUT2D eigenvalue weighted by atomic mass is 16.3. The maximum Gasteiger partial charge on any atom is 0.0609 e. The van der Waals surface area contributed by atoms with Crippen molar-refractivity contribution in [1.82, 2.24) is 9.78 Å². The van der Waals surface area contributed by atoms with Crippen molar-refractivity contribution in [3.8, 4) is 0 Å². The number of rotatable bonds is 1. The topological polar surface area (TPSA) is 38.0 Å². The SMILES string of the molecule is Cn1cc([C@@H]2CCCC[C@H]2O)cn1. The van der Waals surface area contributed by atoms with Crippen LogP contribution >= 0.6 is 0 Å². The second-order valence-electron chi connectivity index (χ2n) is 3.91. The average Bonchev–Trinajstić information content (AvgIpc) is 2.53. The van der Waals surface area contributed by atoms with E-state index in [9.17, 15) is 5.11 Å². The first-order chi connectivity index (χ1) is 6.27. The van der Waals surface area contributed by atoms with Gasteiger partial charge in [0.05, 0.1) is 12.3 Å². The normalized spacial score (nSPS) is 29.1. The first kappa shape index (κ1) is 8.75. The van der Waals surface area contributed by atoms with Gasteiger partial charge in [-0.1, -0.05) is 12.8 Å². The van der Waals surface area contributed by atoms with Gasteiger partial charge in [0.1, 0.15) is 0 Å². The van der Waals surface area contributed by atoms with E-state index in [1.165, 1.54) is 12.0 Å². The van der Waals surface area contributed by atoms with Crippen molar-refractivity contribution in [2.45, 2.75) is 37.7 Å². The first-order valence-corrected chi connectivity index (χ1v) is 4.94. The molecule has 72 valence electrons. The van der Waals surface area contributed by atoms with Gasteiger partial charge in [0.2, 0.25) is 0 Å². The van der Waals surface area contributed by atoms with Crippen LogP contribution < -0.4 is 0 Å². The summed E-state index contributed by atoms with van der Waals surface area (Å²) in [6, 6.07) is 0. The van der Waals surface area contributed by atoms with Crippen molar-refractivity contribution in [2.75, 3.05) is 0 Å². The highest BCUT2D eigenvalue weighted by Gasteiger charge is 2.25. The monoisotopic (exact) mass is 180 g/mol. The molecule has 1 aromatic heterocycles. The third kappa shape index (κ3) is 1.75. The minimum atomic E-state index is -0.155. The Bertz CT molecular complexity index is 282. The Labute approximate surface area is 78.4 Å². The Hall–Kier alpha value is -0.830. The second-order valence-corrected chi connectivity index (χ2v) is 3.91. The molecule has 1 aliphatic rings. The molecule has 0 aliphatic heterocycles. The summed E-state index contributed by atoms with van der Waals surface area (Å²) in [6.45, 7) is 0. The van der Waals surface area contributed by atoms with Gasteiger partial charge < -0.3 is 5.11 Å². The van der Waals surface area contributed by atoms with Crippen molar-refractivity contribution in [1.29, 1.82) is 0 Å². The van der Waals surface area contributed by atoms with E-state index in [4.69, 9.17) is 0 Å². The van der Waals surface area contributed by atoms with Gasteiger partial charge in [-0.2, -0.15) is 5.10 Å². The van der Waals surface area contributed by atoms with Crippen LogP contribution in [0, 0.1) is 0 Å². The molecular weight excluding hydrogens is 164 g/mol. The molecule has 0 saturated heterocycles. The lowest BCUT2D eigenvalue weighted by atomic mass is 9.83. The lowest BCUT2D eigenvalue weighted by Crippen LogP contribution is -2.22. The first-order valence-electron chi connectivity index (χ1n) is 4.94. The van der Waals surface area contributed by atoms with Gasteiger partial charge in [0.25, 0.3) is 0 Å². The predicted molar refractivity (Wildman–Crippen MR) is 50.4 cm³/mol. The zero-order chi connectivity index (χ0) is 9.26. The Morgan fingerprint density at radius 1 is 1.46 bits per heavy atom. The quantitative estimate of drug-likeness (QED) is 0.710. The van der Waals surface area contributed by atoms with E-state index in [2.05, 4.69) is 5.10 Å². The number of aromatic nitrogens is 2. The fourth-order valence-electron chi connectivity index (χ4n) is 2.13. The standard InChI is InChI=1S/C10H16N2O/c1-12-7-8(6-11-12)9-4-2-3-5-10(9)13/h6-7,9-10,13H,2-5H2,1H3/t9-,10+/m0/s1. The average molecular weight is 180 g/mol. The van der Waals surface area contributed by atoms with Crippen LogP contribution in [0.5, 0.6) is 0 Å². The molecule has 0 spiro atoms. The molecule has 2 atom stereocenters. The Kier molecular flexibility index (Phi) is 2.36. The maximum absolute atomic E-state index is 9.79. The smallest absolute Gasteiger partial charge is 0.0609 e. The Morgan fingerprint density at radius 3 is 2.85 bits per heavy atom. The Morgan fingerprint density at radius 2 is 2.23 bits per heavy atom. The third-order valence-corrected chi connectivity index (χ3v) is 2.88. The van der Waals surface area contributed by atoms with E-state index in [1.807, 2.05) is 19.4 Å². The highest BCUT2D eigenvalue weighted by Crippen LogP contribution is 2.32. The predicted octanol–water partition coefficient (Wildman–Crippen LogP) is 1.44. The van der Waals surface area contributed by atoms with Crippen molar-refractivity contribution in [3.63, 3.8) is 0 Å². The number of aliphatic hydroxyl groups excluding tert-OH is 1. The molecule has 0 aromatic carbocycles. The minimum absolute atomic E-state index is 0.155. The molecule has 1 aromatic rings. The molecule has 1 fully saturated rings. The molecule has 1 saturated carbocycles. The summed E-state index contributed by atoms with van der Waals surface area (Å²) in [7, 11) is 1.92. The number of aryl methyl sites for hydroxylation is 1. The zero-order valence-electron chi connectivity index (χ0n) is 7.98. The summed E-state index contributed by atoms with van der Waals surface area (Å²) in [5.41, 5.74) is 1.19. The van der Waals surface area contributed by atoms with Gasteiger partial charge in [-0.3, -0.25) is 4.68 Å². The molecule has 0 amide bonds. The Balaban J connectivity index is 2.14. The number of hydrogen-bond donors (Lipinski definition) is 1. The summed E-state index contributed by atoms with van der Waals surface area (Å²) in [4.78, 5) is 0. The van der Waals surface area contributed by atoms with Crippen LogP contribution in [0.1, 0.15) is 37.2 Å². The summed E-state index contributed by atoms with van der Waals surface area (Å²) < 4.78 is 1.80. The largest absolute Gasteiger partial charge is 0.392 e. The van der Waals surface area contributed by atoms with Gasteiger partial charge in [-0.15, -0.1) is 0 Å². The third-order valence-electron chi connectivity index (χ3n) is 2.88. The summed E-state index contributed by atoms with van der Waals surface area (Å²) in [5.74, 6) is 0.322. The molecule has 0 bridgehead atoms. The summed E-state index contributed by atoms with van der Waals surface area (Å²) in [5, 5.41) is 13.9. The fraction of sp³-hybridized carbons (Fsp3) is 0.700. The van der Waals surface area contributed by atoms with Crippen LogP contribution in [-0.2, 0) is 7.05 Å². The van der Waals surface area contributed by atoms with Gasteiger partial charge in [-0.25, -0.2) is 0 Å². The molecule has 13 heavy (non-hydrogen) atoms. The van der Waals surface area contributed by atoms with E-state index in [-0.39, 0.29) is 6.10 Å². The van der Waals surface area contributed by atoms with Crippen molar-refractivity contribution in [3.05, 3.63) is 18.0 Å². The van der Waals surface area contributed by atoms with Gasteiger partial charge in [0, 0.05) is 19.2 Å². The number of hydrogen-bond acceptors (Lipinski definition) is 2. The van der Waals surface area contributed by atoms with Gasteiger partial charge in [0.15, 0.2) is 0 Å². The molecule has 3 nitrogen and oxygen atoms in total. The minimum Gasteiger partial charge on any atom is -0.392 e. The molecule has 1 N–H and O–H groups in total. The second kappa shape index (κ2) is 3.50. The molecule has 1 aliphatic carbocycles. The van der Waals surface area contributed by atoms with Gasteiger partial charge in [-0.05, 0) is 18.4 Å². The van der Waals surface area contributed by atoms with Crippen molar-refractivity contribution in [2.24, 2.45) is 7.05 Å². The summed E-state index contributed by atoms with van der Waals surface area (Å²) >= 11 is 0. The van der Waals surface area contributed by atoms with Crippen LogP contribution in [0.3, 0.4) is 0 Å². The molecule has 2 rings (SSSR count). The van der Waals surface area contributed by atoms with E-state index in [0.29, 0.717) is 5.92 Å². The molecule has 0 radical (unpaired) electrons. The van der Waals surface area contributed by atoms with Crippen molar-refractivity contribution >= 4 is 0 Å². The van der Waals surface area contributed by atoms with Crippen LogP contribution in [0.15, 0.2) is 12.4 Å². The molecule has 3 heteroatoms. The fourth-order valence-corrected chi connectivity index (χ4v) is 2.13. The van der Waals surface area contributed by atoms with Crippen LogP contribution in [0.2, 0.25) is 0 Å². The maximum atomic E-state index is 9.79. The lowest BCUT2D eigenvalue weighted by molar-refractivity contribution is 0.106. The van der Waals surface area contributed by atoms with Crippen LogP contribution in [-0.4, -0.2) is 21.0 Å². The van der Waals surface area contributed by atoms with Crippen LogP contribution in [0.4, 0.5) is 0 Å². The summed E-state index contributed by atoms with van der Waals surface area (Å²) in [6.07, 6.45) is 8.18. The van der Waals surface area contributed by atoms with Crippen molar-refractivity contribution < 1.29 is 5.11 Å². The molecule has 0 unspecified atom stereocenters. The number of nitrogens with zero attached hydrogens (tertiary/aromatic N) is 2. The molecule has 1 heterocycles. The van der Waals surface area contributed by atoms with E-state index < -0.39 is 0 Å².